The summed E-state index contributed by atoms with van der Waals surface area (Å²) in [6.45, 7) is 3.67. The van der Waals surface area contributed by atoms with Crippen molar-refractivity contribution in [2.24, 2.45) is 0 Å². The van der Waals surface area contributed by atoms with Crippen LogP contribution in [-0.2, 0) is 0 Å². The molecule has 4 aromatic rings. The average molecular weight is 373 g/mol. The van der Waals surface area contributed by atoms with Gasteiger partial charge in [0.15, 0.2) is 12.1 Å². The van der Waals surface area contributed by atoms with E-state index in [4.69, 9.17) is 9.97 Å². The van der Waals surface area contributed by atoms with Crippen molar-refractivity contribution in [3.05, 3.63) is 53.6 Å². The summed E-state index contributed by atoms with van der Waals surface area (Å²) in [5, 5.41) is 5.27. The summed E-state index contributed by atoms with van der Waals surface area (Å²) >= 11 is 0. The first-order chi connectivity index (χ1) is 13.6. The Kier molecular flexibility index (Phi) is 4.79. The molecule has 0 atom stereocenters. The molecule has 6 nitrogen and oxygen atoms in total. The normalized spacial score (nSPS) is 11.4. The Morgan fingerprint density at radius 3 is 2.71 bits per heavy atom. The lowest BCUT2D eigenvalue weighted by atomic mass is 10.1. The molecule has 0 radical (unpaired) electrons. The first kappa shape index (κ1) is 18.1. The predicted molar refractivity (Wildman–Crippen MR) is 114 cm³/mol. The maximum Gasteiger partial charge on any atom is 0.179 e. The predicted octanol–water partition coefficient (Wildman–Crippen LogP) is 3.87. The number of aromatic amines is 1. The zero-order valence-electron chi connectivity index (χ0n) is 16.3. The van der Waals surface area contributed by atoms with Crippen LogP contribution in [-0.4, -0.2) is 53.3 Å². The summed E-state index contributed by atoms with van der Waals surface area (Å²) in [4.78, 5) is 26.8. The van der Waals surface area contributed by atoms with E-state index in [1.807, 2.05) is 63.5 Å². The molecule has 142 valence electrons. The van der Waals surface area contributed by atoms with Crippen LogP contribution in [0.2, 0.25) is 0 Å². The molecule has 0 unspecified atom stereocenters. The van der Waals surface area contributed by atoms with Gasteiger partial charge < -0.3 is 15.2 Å². The minimum Gasteiger partial charge on any atom is -0.368 e. The van der Waals surface area contributed by atoms with Gasteiger partial charge in [0.25, 0.3) is 0 Å². The number of likely N-dealkylation sites (N-methyl/N-ethyl adjacent to an activating group) is 1. The highest BCUT2D eigenvalue weighted by molar-refractivity contribution is 6.04. The Bertz CT molecular complexity index is 1160. The molecule has 2 aromatic heterocycles. The van der Waals surface area contributed by atoms with E-state index in [1.54, 1.807) is 0 Å². The fourth-order valence-electron chi connectivity index (χ4n) is 3.35. The molecule has 0 spiro atoms. The number of nitrogens with zero attached hydrogens (tertiary/aromatic N) is 3. The number of hydrogen-bond donors (Lipinski definition) is 2. The number of fused-ring (bicyclic) bond motifs is 2. The van der Waals surface area contributed by atoms with E-state index in [2.05, 4.69) is 15.2 Å². The number of nitrogens with one attached hydrogen (secondary N) is 2. The number of anilines is 1. The molecule has 4 rings (SSSR count). The highest BCUT2D eigenvalue weighted by atomic mass is 16.1. The van der Waals surface area contributed by atoms with Gasteiger partial charge in [-0.25, -0.2) is 9.97 Å². The second-order valence-electron chi connectivity index (χ2n) is 7.22. The fourth-order valence-corrected chi connectivity index (χ4v) is 3.35. The van der Waals surface area contributed by atoms with Gasteiger partial charge in [0, 0.05) is 29.4 Å². The third kappa shape index (κ3) is 3.34. The van der Waals surface area contributed by atoms with Gasteiger partial charge in [0.2, 0.25) is 0 Å². The molecule has 6 heteroatoms. The largest absolute Gasteiger partial charge is 0.368 e. The van der Waals surface area contributed by atoms with Gasteiger partial charge in [-0.3, -0.25) is 4.79 Å². The number of carbonyl (C=O) groups is 1. The van der Waals surface area contributed by atoms with Crippen LogP contribution in [0.1, 0.15) is 15.9 Å². The summed E-state index contributed by atoms with van der Waals surface area (Å²) in [6, 6.07) is 13.9. The highest BCUT2D eigenvalue weighted by Gasteiger charge is 2.17. The maximum absolute atomic E-state index is 11.9. The Hall–Kier alpha value is -3.25. The molecule has 0 bridgehead atoms. The molecule has 0 amide bonds. The van der Waals surface area contributed by atoms with E-state index in [-0.39, 0.29) is 0 Å². The number of aromatic nitrogens is 3. The third-order valence-electron chi connectivity index (χ3n) is 4.79. The molecule has 28 heavy (non-hydrogen) atoms. The quantitative estimate of drug-likeness (QED) is 0.502. The molecule has 0 aliphatic heterocycles. The molecular formula is C22H23N5O. The van der Waals surface area contributed by atoms with Crippen molar-refractivity contribution in [2.75, 3.05) is 32.5 Å². The average Bonchev–Trinajstić information content (AvgIpc) is 3.05. The van der Waals surface area contributed by atoms with Crippen LogP contribution in [0.15, 0.2) is 42.5 Å². The van der Waals surface area contributed by atoms with Gasteiger partial charge in [-0.15, -0.1) is 0 Å². The standard InChI is InChI=1S/C22H23N5O/c1-14-8-9-19-16(12-14)17(13-28)20(24-19)22-25-18-7-5-4-6-15(18)21(26-22)23-10-11-27(2)3/h4-9,12-13,24H,10-11H2,1-3H3,(H,23,25,26). The zero-order chi connectivity index (χ0) is 19.7. The summed E-state index contributed by atoms with van der Waals surface area (Å²) in [6.07, 6.45) is 0.880. The summed E-state index contributed by atoms with van der Waals surface area (Å²) in [5.74, 6) is 1.29. The highest BCUT2D eigenvalue weighted by Crippen LogP contribution is 2.30. The number of carbonyl (C=O) groups excluding carboxylic acids is 1. The van der Waals surface area contributed by atoms with Gasteiger partial charge >= 0.3 is 0 Å². The molecule has 0 aliphatic carbocycles. The number of hydrogen-bond acceptors (Lipinski definition) is 5. The van der Waals surface area contributed by atoms with Gasteiger partial charge in [-0.05, 0) is 45.3 Å². The van der Waals surface area contributed by atoms with E-state index in [1.165, 1.54) is 0 Å². The van der Waals surface area contributed by atoms with E-state index in [0.717, 1.165) is 52.6 Å². The minimum absolute atomic E-state index is 0.516. The fraction of sp³-hybridized carbons (Fsp3) is 0.227. The molecule has 0 saturated carbocycles. The van der Waals surface area contributed by atoms with Crippen molar-refractivity contribution in [1.82, 2.24) is 19.9 Å². The molecule has 2 N–H and O–H groups in total. The lowest BCUT2D eigenvalue weighted by molar-refractivity contribution is 0.112. The topological polar surface area (TPSA) is 73.9 Å². The lowest BCUT2D eigenvalue weighted by Gasteiger charge is -2.13. The minimum atomic E-state index is 0.516. The molecule has 2 heterocycles. The van der Waals surface area contributed by atoms with Crippen LogP contribution in [0, 0.1) is 6.92 Å². The van der Waals surface area contributed by atoms with Crippen molar-refractivity contribution in [3.8, 4) is 11.5 Å². The number of H-pyrrole nitrogens is 1. The smallest absolute Gasteiger partial charge is 0.179 e. The van der Waals surface area contributed by atoms with Gasteiger partial charge in [0.1, 0.15) is 5.82 Å². The number of rotatable bonds is 6. The van der Waals surface area contributed by atoms with Gasteiger partial charge in [-0.1, -0.05) is 23.8 Å². The van der Waals surface area contributed by atoms with Crippen LogP contribution >= 0.6 is 0 Å². The molecule has 0 saturated heterocycles. The van der Waals surface area contributed by atoms with Crippen molar-refractivity contribution < 1.29 is 4.79 Å². The number of benzene rings is 2. The van der Waals surface area contributed by atoms with Crippen molar-refractivity contribution >= 4 is 33.9 Å². The monoisotopic (exact) mass is 373 g/mol. The SMILES string of the molecule is Cc1ccc2[nH]c(-c3nc(NCCN(C)C)c4ccccc4n3)c(C=O)c2c1. The Balaban J connectivity index is 1.87. The number of aldehydes is 1. The first-order valence-corrected chi connectivity index (χ1v) is 9.30. The van der Waals surface area contributed by atoms with Crippen LogP contribution in [0.25, 0.3) is 33.3 Å². The third-order valence-corrected chi connectivity index (χ3v) is 4.79. The Labute approximate surface area is 163 Å². The van der Waals surface area contributed by atoms with Crippen molar-refractivity contribution in [3.63, 3.8) is 0 Å². The van der Waals surface area contributed by atoms with E-state index in [9.17, 15) is 4.79 Å². The first-order valence-electron chi connectivity index (χ1n) is 9.30. The van der Waals surface area contributed by atoms with Crippen LogP contribution in [0.4, 0.5) is 5.82 Å². The van der Waals surface area contributed by atoms with Gasteiger partial charge in [-0.2, -0.15) is 0 Å². The second-order valence-corrected chi connectivity index (χ2v) is 7.22. The Morgan fingerprint density at radius 1 is 1.11 bits per heavy atom. The Morgan fingerprint density at radius 2 is 1.93 bits per heavy atom. The molecule has 0 aliphatic rings. The van der Waals surface area contributed by atoms with Crippen molar-refractivity contribution in [1.29, 1.82) is 0 Å². The number of para-hydroxylation sites is 1. The van der Waals surface area contributed by atoms with E-state index >= 15 is 0 Å². The van der Waals surface area contributed by atoms with Gasteiger partial charge in [0.05, 0.1) is 16.8 Å². The van der Waals surface area contributed by atoms with Crippen LogP contribution in [0.3, 0.4) is 0 Å². The summed E-state index contributed by atoms with van der Waals surface area (Å²) in [7, 11) is 4.07. The number of aryl methyl sites for hydroxylation is 1. The van der Waals surface area contributed by atoms with E-state index in [0.29, 0.717) is 17.1 Å². The molecular weight excluding hydrogens is 350 g/mol. The van der Waals surface area contributed by atoms with Crippen molar-refractivity contribution in [2.45, 2.75) is 6.92 Å². The maximum atomic E-state index is 11.9. The molecule has 0 fully saturated rings. The zero-order valence-corrected chi connectivity index (χ0v) is 16.3. The van der Waals surface area contributed by atoms with E-state index < -0.39 is 0 Å². The molecule has 2 aromatic carbocycles. The summed E-state index contributed by atoms with van der Waals surface area (Å²) in [5.41, 5.74) is 4.09. The second kappa shape index (κ2) is 7.40. The lowest BCUT2D eigenvalue weighted by Crippen LogP contribution is -2.21. The van der Waals surface area contributed by atoms with Crippen LogP contribution < -0.4 is 5.32 Å². The van der Waals surface area contributed by atoms with Crippen LogP contribution in [0.5, 0.6) is 0 Å². The summed E-state index contributed by atoms with van der Waals surface area (Å²) < 4.78 is 0.